The van der Waals surface area contributed by atoms with Crippen LogP contribution in [0.4, 0.5) is 0 Å². The summed E-state index contributed by atoms with van der Waals surface area (Å²) >= 11 is 0. The molecule has 212 valence electrons. The number of rotatable bonds is 5. The van der Waals surface area contributed by atoms with Crippen molar-refractivity contribution in [1.29, 1.82) is 0 Å². The largest absolute Gasteiger partial charge is 0.472 e. The number of aliphatic hydroxyl groups excluding tert-OH is 5. The third-order valence-corrected chi connectivity index (χ3v) is 9.05. The van der Waals surface area contributed by atoms with Gasteiger partial charge in [-0.15, -0.1) is 0 Å². The Morgan fingerprint density at radius 1 is 1.05 bits per heavy atom. The van der Waals surface area contributed by atoms with Gasteiger partial charge in [-0.25, -0.2) is 4.79 Å². The van der Waals surface area contributed by atoms with Crippen molar-refractivity contribution in [2.75, 3.05) is 13.7 Å². The van der Waals surface area contributed by atoms with Gasteiger partial charge in [-0.05, 0) is 37.3 Å². The maximum Gasteiger partial charge on any atom is 0.337 e. The number of carbonyl (C=O) groups is 1. The van der Waals surface area contributed by atoms with Crippen LogP contribution in [0.1, 0.15) is 36.4 Å². The third kappa shape index (κ3) is 4.37. The molecule has 2 aliphatic carbocycles. The number of hydrogen-bond acceptors (Lipinski definition) is 10. The summed E-state index contributed by atoms with van der Waals surface area (Å²) in [6.07, 6.45) is -4.94. The van der Waals surface area contributed by atoms with Crippen LogP contribution in [0.25, 0.3) is 10.9 Å². The summed E-state index contributed by atoms with van der Waals surface area (Å²) in [5, 5.41) is 53.3. The number of fused-ring (bicyclic) bond motifs is 4. The van der Waals surface area contributed by atoms with Crippen LogP contribution in [0, 0.1) is 17.8 Å². The van der Waals surface area contributed by atoms with E-state index in [1.54, 1.807) is 0 Å². The van der Waals surface area contributed by atoms with E-state index in [-0.39, 0.29) is 11.8 Å². The molecule has 1 aromatic carbocycles. The maximum atomic E-state index is 12.7. The minimum absolute atomic E-state index is 0.0763. The van der Waals surface area contributed by atoms with Gasteiger partial charge in [0, 0.05) is 40.3 Å². The number of aromatic amines is 1. The maximum absolute atomic E-state index is 12.7. The zero-order valence-corrected chi connectivity index (χ0v) is 21.6. The Morgan fingerprint density at radius 2 is 1.85 bits per heavy atom. The Bertz CT molecular complexity index is 1240. The van der Waals surface area contributed by atoms with Gasteiger partial charge in [-0.1, -0.05) is 18.2 Å². The quantitative estimate of drug-likeness (QED) is 0.290. The number of nitrogens with one attached hydrogen (secondary N) is 1. The number of para-hydroxylation sites is 1. The van der Waals surface area contributed by atoms with Gasteiger partial charge in [0.1, 0.15) is 24.4 Å². The number of benzene rings is 1. The van der Waals surface area contributed by atoms with E-state index in [0.717, 1.165) is 35.9 Å². The van der Waals surface area contributed by atoms with Crippen molar-refractivity contribution in [2.24, 2.45) is 17.8 Å². The third-order valence-electron chi connectivity index (χ3n) is 9.05. The molecule has 11 atom stereocenters. The van der Waals surface area contributed by atoms with Crippen molar-refractivity contribution in [1.82, 2.24) is 4.98 Å². The smallest absolute Gasteiger partial charge is 0.337 e. The summed E-state index contributed by atoms with van der Waals surface area (Å²) < 4.78 is 22.6. The topological polar surface area (TPSA) is 171 Å². The van der Waals surface area contributed by atoms with Crippen LogP contribution in [0.3, 0.4) is 0 Å². The summed E-state index contributed by atoms with van der Waals surface area (Å²) in [6, 6.07) is 8.11. The lowest BCUT2D eigenvalue weighted by atomic mass is 9.71. The van der Waals surface area contributed by atoms with Crippen LogP contribution in [0.5, 0.6) is 0 Å². The van der Waals surface area contributed by atoms with Gasteiger partial charge in [0.15, 0.2) is 6.29 Å². The zero-order valence-electron chi connectivity index (χ0n) is 21.6. The molecule has 3 heterocycles. The summed E-state index contributed by atoms with van der Waals surface area (Å²) in [7, 11) is 1.29. The minimum Gasteiger partial charge on any atom is -0.472 e. The molecular weight excluding hydrogens is 510 g/mol. The monoisotopic (exact) mass is 545 g/mol. The van der Waals surface area contributed by atoms with E-state index in [2.05, 4.69) is 11.1 Å². The number of ether oxygens (including phenoxy) is 4. The lowest BCUT2D eigenvalue weighted by Crippen LogP contribution is -2.60. The van der Waals surface area contributed by atoms with Crippen LogP contribution in [0.15, 0.2) is 36.1 Å². The van der Waals surface area contributed by atoms with Crippen LogP contribution in [-0.2, 0) is 30.2 Å². The number of aromatic nitrogens is 1. The Hall–Kier alpha value is -2.51. The van der Waals surface area contributed by atoms with E-state index >= 15 is 0 Å². The van der Waals surface area contributed by atoms with Crippen molar-refractivity contribution in [2.45, 2.75) is 74.7 Å². The Labute approximate surface area is 224 Å². The van der Waals surface area contributed by atoms with E-state index < -0.39 is 67.5 Å². The number of aryl methyl sites for hydroxylation is 1. The molecule has 39 heavy (non-hydrogen) atoms. The predicted octanol–water partition coefficient (Wildman–Crippen LogP) is 0.431. The highest BCUT2D eigenvalue weighted by Gasteiger charge is 2.57. The second-order valence-corrected chi connectivity index (χ2v) is 11.0. The molecule has 2 fully saturated rings. The predicted molar refractivity (Wildman–Crippen MR) is 135 cm³/mol. The van der Waals surface area contributed by atoms with E-state index in [0.29, 0.717) is 12.0 Å². The fourth-order valence-electron chi connectivity index (χ4n) is 7.25. The molecule has 6 rings (SSSR count). The molecular formula is C28H35NO10. The van der Waals surface area contributed by atoms with E-state index in [1.807, 2.05) is 18.2 Å². The van der Waals surface area contributed by atoms with Gasteiger partial charge in [0.25, 0.3) is 0 Å². The van der Waals surface area contributed by atoms with Crippen LogP contribution < -0.4 is 0 Å². The van der Waals surface area contributed by atoms with E-state index in [9.17, 15) is 30.3 Å². The average Bonchev–Trinajstić information content (AvgIpc) is 3.50. The molecule has 0 spiro atoms. The molecule has 1 saturated heterocycles. The summed E-state index contributed by atoms with van der Waals surface area (Å²) in [4.78, 5) is 16.3. The Morgan fingerprint density at radius 3 is 2.62 bits per heavy atom. The van der Waals surface area contributed by atoms with Crippen LogP contribution in [-0.4, -0.2) is 93.3 Å². The highest BCUT2D eigenvalue weighted by molar-refractivity contribution is 5.89. The first-order valence-corrected chi connectivity index (χ1v) is 13.5. The number of carbonyl (C=O) groups excluding carboxylic acids is 1. The lowest BCUT2D eigenvalue weighted by molar-refractivity contribution is -0.343. The summed E-state index contributed by atoms with van der Waals surface area (Å²) in [6.45, 7) is -0.596. The van der Waals surface area contributed by atoms with Gasteiger partial charge in [-0.2, -0.15) is 0 Å². The number of esters is 1. The highest BCUT2D eigenvalue weighted by atomic mass is 16.8. The molecule has 0 radical (unpaired) electrons. The molecule has 2 aliphatic heterocycles. The van der Waals surface area contributed by atoms with Crippen molar-refractivity contribution < 1.29 is 49.3 Å². The van der Waals surface area contributed by atoms with Gasteiger partial charge < -0.3 is 49.5 Å². The molecule has 11 heteroatoms. The van der Waals surface area contributed by atoms with Crippen LogP contribution >= 0.6 is 0 Å². The first-order valence-electron chi connectivity index (χ1n) is 13.5. The van der Waals surface area contributed by atoms with Gasteiger partial charge in [0.2, 0.25) is 6.29 Å². The SMILES string of the molecule is COC(=O)C1=CO[C@@H](O[C@@H]2O[C@H](CO)[C@@H](O)[C@H](O)[C@H]2O)[C@H]2[C@H]([C@H]3CCCc4c3[nH]c3ccccc43)[C@H](O)C[C@@H]12. The molecule has 0 bridgehead atoms. The van der Waals surface area contributed by atoms with Crippen molar-refractivity contribution in [3.63, 3.8) is 0 Å². The van der Waals surface area contributed by atoms with Gasteiger partial charge >= 0.3 is 5.97 Å². The molecule has 1 aromatic heterocycles. The van der Waals surface area contributed by atoms with Gasteiger partial charge in [-0.3, -0.25) is 0 Å². The highest BCUT2D eigenvalue weighted by Crippen LogP contribution is 2.55. The van der Waals surface area contributed by atoms with Crippen molar-refractivity contribution >= 4 is 16.9 Å². The van der Waals surface area contributed by atoms with E-state index in [4.69, 9.17) is 18.9 Å². The van der Waals surface area contributed by atoms with Crippen molar-refractivity contribution in [3.05, 3.63) is 47.4 Å². The molecule has 11 nitrogen and oxygen atoms in total. The average molecular weight is 546 g/mol. The fourth-order valence-corrected chi connectivity index (χ4v) is 7.25. The standard InChI is InChI=1S/C28H35NO10/c1-36-26(35)16-11-37-27(39-28-25(34)24(33)23(32)19(10-30)38-28)21-15(16)9-18(31)20(21)14-7-4-6-13-12-5-2-3-8-17(12)29-22(13)14/h2-3,5,8,11,14-15,18-21,23-25,27-34H,4,6-7,9-10H2,1H3/t14-,15+,18-,19-,20-,21-,23-,24+,25-,27+,28+/m1/s1. The normalized spacial score (nSPS) is 39.9. The number of hydrogen-bond donors (Lipinski definition) is 6. The first kappa shape index (κ1) is 26.7. The summed E-state index contributed by atoms with van der Waals surface area (Å²) in [5.74, 6) is -1.97. The molecule has 0 unspecified atom stereocenters. The second kappa shape index (κ2) is 10.5. The molecule has 0 amide bonds. The van der Waals surface area contributed by atoms with Crippen molar-refractivity contribution in [3.8, 4) is 0 Å². The molecule has 4 aliphatic rings. The number of aliphatic hydroxyl groups is 5. The Kier molecular flexibility index (Phi) is 7.17. The lowest BCUT2D eigenvalue weighted by Gasteiger charge is -2.44. The minimum atomic E-state index is -1.62. The first-order chi connectivity index (χ1) is 18.8. The van der Waals surface area contributed by atoms with Crippen LogP contribution in [0.2, 0.25) is 0 Å². The molecule has 6 N–H and O–H groups in total. The molecule has 2 aromatic rings. The summed E-state index contributed by atoms with van der Waals surface area (Å²) in [5.41, 5.74) is 3.62. The molecule has 1 saturated carbocycles. The number of methoxy groups -OCH3 is 1. The Balaban J connectivity index is 1.36. The fraction of sp³-hybridized carbons (Fsp3) is 0.607. The second-order valence-electron chi connectivity index (χ2n) is 11.0. The van der Waals surface area contributed by atoms with Gasteiger partial charge in [0.05, 0.1) is 31.7 Å². The number of H-pyrrole nitrogens is 1. The van der Waals surface area contributed by atoms with E-state index in [1.165, 1.54) is 18.9 Å². The zero-order chi connectivity index (χ0) is 27.4.